The number of aryl methyl sites for hydroxylation is 2. The van der Waals surface area contributed by atoms with Crippen LogP contribution in [0.1, 0.15) is 10.4 Å². The summed E-state index contributed by atoms with van der Waals surface area (Å²) in [5.74, 6) is 0. The van der Waals surface area contributed by atoms with Crippen LogP contribution in [0, 0.1) is 13.8 Å². The largest absolute Gasteiger partial charge is 0.226 e. The maximum atomic E-state index is 5.66. The van der Waals surface area contributed by atoms with Gasteiger partial charge in [0.25, 0.3) is 0 Å². The number of halogens is 1. The van der Waals surface area contributed by atoms with Crippen molar-refractivity contribution in [2.75, 3.05) is 0 Å². The fraction of sp³-hybridized carbons (Fsp3) is 0.250. The number of hydrogen-bond acceptors (Lipinski definition) is 3. The van der Waals surface area contributed by atoms with E-state index in [0.29, 0.717) is 5.28 Å². The Hall–Kier alpha value is -0.670. The van der Waals surface area contributed by atoms with E-state index in [0.717, 1.165) is 10.2 Å². The van der Waals surface area contributed by atoms with Crippen LogP contribution in [-0.2, 0) is 0 Å². The third-order valence-electron chi connectivity index (χ3n) is 1.91. The molecule has 0 atom stereocenters. The van der Waals surface area contributed by atoms with Crippen molar-refractivity contribution in [2.45, 2.75) is 13.8 Å². The highest BCUT2D eigenvalue weighted by Gasteiger charge is 2.06. The molecule has 0 bridgehead atoms. The topological polar surface area (TPSA) is 25.8 Å². The number of thiophene rings is 1. The molecule has 0 unspecified atom stereocenters. The molecule has 0 aromatic carbocycles. The summed E-state index contributed by atoms with van der Waals surface area (Å²) in [6.07, 6.45) is 1.78. The van der Waals surface area contributed by atoms with Gasteiger partial charge in [-0.1, -0.05) is 0 Å². The molecule has 0 spiro atoms. The maximum absolute atomic E-state index is 5.66. The summed E-state index contributed by atoms with van der Waals surface area (Å²) in [7, 11) is 0. The van der Waals surface area contributed by atoms with E-state index in [9.17, 15) is 0 Å². The van der Waals surface area contributed by atoms with Gasteiger partial charge in [-0.15, -0.1) is 11.3 Å². The number of hydrogen-bond donors (Lipinski definition) is 0. The zero-order valence-corrected chi connectivity index (χ0v) is 8.33. The molecule has 2 heterocycles. The summed E-state index contributed by atoms with van der Waals surface area (Å²) in [6, 6.07) is 0. The second-order valence-electron chi connectivity index (χ2n) is 2.64. The lowest BCUT2D eigenvalue weighted by Crippen LogP contribution is -1.79. The number of aromatic nitrogens is 2. The van der Waals surface area contributed by atoms with Gasteiger partial charge in [0.2, 0.25) is 5.28 Å². The van der Waals surface area contributed by atoms with Crippen molar-refractivity contribution < 1.29 is 0 Å². The lowest BCUT2D eigenvalue weighted by Gasteiger charge is -1.89. The molecule has 2 aromatic heterocycles. The maximum Gasteiger partial charge on any atom is 0.223 e. The minimum atomic E-state index is 0.323. The molecule has 0 aliphatic rings. The predicted molar refractivity (Wildman–Crippen MR) is 51.9 cm³/mol. The molecule has 12 heavy (non-hydrogen) atoms. The summed E-state index contributed by atoms with van der Waals surface area (Å²) in [5, 5.41) is 1.44. The summed E-state index contributed by atoms with van der Waals surface area (Å²) in [5.41, 5.74) is 1.26. The van der Waals surface area contributed by atoms with Crippen molar-refractivity contribution in [3.05, 3.63) is 21.9 Å². The Morgan fingerprint density at radius 2 is 2.17 bits per heavy atom. The van der Waals surface area contributed by atoms with Crippen molar-refractivity contribution >= 4 is 33.2 Å². The van der Waals surface area contributed by atoms with Gasteiger partial charge in [0.05, 0.1) is 0 Å². The third-order valence-corrected chi connectivity index (χ3v) is 3.21. The zero-order chi connectivity index (χ0) is 8.72. The fourth-order valence-electron chi connectivity index (χ4n) is 1.09. The first kappa shape index (κ1) is 7.95. The van der Waals surface area contributed by atoms with Crippen LogP contribution in [0.25, 0.3) is 10.2 Å². The molecule has 62 valence electrons. The summed E-state index contributed by atoms with van der Waals surface area (Å²) in [6.45, 7) is 4.15. The van der Waals surface area contributed by atoms with E-state index in [1.165, 1.54) is 10.4 Å². The van der Waals surface area contributed by atoms with Gasteiger partial charge in [0.1, 0.15) is 4.83 Å². The molecule has 0 aliphatic carbocycles. The highest BCUT2D eigenvalue weighted by atomic mass is 35.5. The molecule has 2 nitrogen and oxygen atoms in total. The van der Waals surface area contributed by atoms with Crippen LogP contribution in [0.4, 0.5) is 0 Å². The Balaban J connectivity index is 2.87. The van der Waals surface area contributed by atoms with Crippen molar-refractivity contribution in [3.63, 3.8) is 0 Å². The summed E-state index contributed by atoms with van der Waals surface area (Å²) >= 11 is 7.32. The fourth-order valence-corrected chi connectivity index (χ4v) is 2.28. The van der Waals surface area contributed by atoms with Gasteiger partial charge in [-0.05, 0) is 31.0 Å². The number of nitrogens with zero attached hydrogens (tertiary/aromatic N) is 2. The Morgan fingerprint density at radius 1 is 1.42 bits per heavy atom. The molecule has 4 heteroatoms. The third kappa shape index (κ3) is 1.09. The van der Waals surface area contributed by atoms with Crippen LogP contribution in [-0.4, -0.2) is 9.97 Å². The van der Waals surface area contributed by atoms with Gasteiger partial charge >= 0.3 is 0 Å². The lowest BCUT2D eigenvalue weighted by molar-refractivity contribution is 1.23. The van der Waals surface area contributed by atoms with Crippen LogP contribution >= 0.6 is 22.9 Å². The molecule has 2 rings (SSSR count). The zero-order valence-electron chi connectivity index (χ0n) is 6.76. The van der Waals surface area contributed by atoms with E-state index < -0.39 is 0 Å². The van der Waals surface area contributed by atoms with Gasteiger partial charge in [-0.25, -0.2) is 9.97 Å². The molecule has 0 saturated carbocycles. The van der Waals surface area contributed by atoms with Gasteiger partial charge in [0.15, 0.2) is 0 Å². The van der Waals surface area contributed by atoms with Crippen molar-refractivity contribution in [1.82, 2.24) is 9.97 Å². The van der Waals surface area contributed by atoms with E-state index >= 15 is 0 Å². The van der Waals surface area contributed by atoms with E-state index in [-0.39, 0.29) is 0 Å². The first-order chi connectivity index (χ1) is 5.68. The summed E-state index contributed by atoms with van der Waals surface area (Å²) < 4.78 is 0. The summed E-state index contributed by atoms with van der Waals surface area (Å²) in [4.78, 5) is 10.3. The first-order valence-corrected chi connectivity index (χ1v) is 4.76. The smallest absolute Gasteiger partial charge is 0.223 e. The molecule has 2 aromatic rings. The average molecular weight is 199 g/mol. The number of rotatable bonds is 0. The van der Waals surface area contributed by atoms with Crippen LogP contribution in [0.3, 0.4) is 0 Å². The van der Waals surface area contributed by atoms with E-state index in [4.69, 9.17) is 11.6 Å². The SMILES string of the molecule is Cc1sc2nc(Cl)ncc2c1C. The monoisotopic (exact) mass is 198 g/mol. The van der Waals surface area contributed by atoms with E-state index in [2.05, 4.69) is 23.8 Å². The van der Waals surface area contributed by atoms with Crippen molar-refractivity contribution in [3.8, 4) is 0 Å². The Morgan fingerprint density at radius 3 is 2.92 bits per heavy atom. The Labute approximate surface area is 79.2 Å². The standard InChI is InChI=1S/C8H7ClN2S/c1-4-5(2)12-7-6(4)3-10-8(9)11-7/h3H,1-2H3. The molecule has 0 aliphatic heterocycles. The first-order valence-electron chi connectivity index (χ1n) is 3.56. The van der Waals surface area contributed by atoms with Gasteiger partial charge in [-0.2, -0.15) is 0 Å². The Bertz CT molecular complexity index is 436. The van der Waals surface area contributed by atoms with Crippen LogP contribution in [0.2, 0.25) is 5.28 Å². The second kappa shape index (κ2) is 2.68. The molecule has 0 N–H and O–H groups in total. The van der Waals surface area contributed by atoms with Crippen LogP contribution < -0.4 is 0 Å². The highest BCUT2D eigenvalue weighted by molar-refractivity contribution is 7.18. The molecule has 0 amide bonds. The quantitative estimate of drug-likeness (QED) is 0.609. The van der Waals surface area contributed by atoms with Crippen LogP contribution in [0.15, 0.2) is 6.20 Å². The molecule has 0 radical (unpaired) electrons. The van der Waals surface area contributed by atoms with Gasteiger partial charge in [-0.3, -0.25) is 0 Å². The molecular formula is C8H7ClN2S. The predicted octanol–water partition coefficient (Wildman–Crippen LogP) is 2.96. The average Bonchev–Trinajstić information content (AvgIpc) is 2.28. The van der Waals surface area contributed by atoms with Crippen LogP contribution in [0.5, 0.6) is 0 Å². The Kier molecular flexibility index (Phi) is 1.77. The normalized spacial score (nSPS) is 10.9. The van der Waals surface area contributed by atoms with E-state index in [1.54, 1.807) is 17.5 Å². The second-order valence-corrected chi connectivity index (χ2v) is 4.18. The number of fused-ring (bicyclic) bond motifs is 1. The van der Waals surface area contributed by atoms with Gasteiger partial charge in [0, 0.05) is 16.5 Å². The van der Waals surface area contributed by atoms with E-state index in [1.807, 2.05) is 0 Å². The molecule has 0 fully saturated rings. The van der Waals surface area contributed by atoms with Gasteiger partial charge < -0.3 is 0 Å². The molecule has 0 saturated heterocycles. The van der Waals surface area contributed by atoms with Crippen molar-refractivity contribution in [2.24, 2.45) is 0 Å². The minimum Gasteiger partial charge on any atom is -0.226 e. The minimum absolute atomic E-state index is 0.323. The van der Waals surface area contributed by atoms with Crippen molar-refractivity contribution in [1.29, 1.82) is 0 Å². The highest BCUT2D eigenvalue weighted by Crippen LogP contribution is 2.28. The molecular weight excluding hydrogens is 192 g/mol. The lowest BCUT2D eigenvalue weighted by atomic mass is 10.2.